The van der Waals surface area contributed by atoms with Gasteiger partial charge in [0.1, 0.15) is 10.5 Å². The third kappa shape index (κ3) is 4.36. The fraction of sp³-hybridized carbons (Fsp3) is 0.526. The second-order valence-corrected chi connectivity index (χ2v) is 10.8. The number of hydrogen-bond donors (Lipinski definition) is 1. The average Bonchev–Trinajstić information content (AvgIpc) is 2.92. The Morgan fingerprint density at radius 2 is 1.89 bits per heavy atom. The Labute approximate surface area is 174 Å². The van der Waals surface area contributed by atoms with Gasteiger partial charge in [0.2, 0.25) is 10.0 Å². The molecule has 0 atom stereocenters. The largest absolute Gasteiger partial charge is 0.444 e. The number of aryl methyl sites for hydroxylation is 1. The van der Waals surface area contributed by atoms with Gasteiger partial charge in [0.15, 0.2) is 0 Å². The SMILES string of the molecule is Cn1cc(S(=O)(=O)N2CCC(NC(=O)OC(C)(C)C)CC2)c2cccc(Br)c21. The number of nitrogens with one attached hydrogen (secondary N) is 1. The summed E-state index contributed by atoms with van der Waals surface area (Å²) in [5.41, 5.74) is 0.291. The van der Waals surface area contributed by atoms with Crippen molar-refractivity contribution in [1.29, 1.82) is 0 Å². The predicted molar refractivity (Wildman–Crippen MR) is 112 cm³/mol. The Morgan fingerprint density at radius 3 is 2.50 bits per heavy atom. The van der Waals surface area contributed by atoms with E-state index in [0.29, 0.717) is 36.2 Å². The van der Waals surface area contributed by atoms with E-state index in [9.17, 15) is 13.2 Å². The molecule has 28 heavy (non-hydrogen) atoms. The van der Waals surface area contributed by atoms with E-state index < -0.39 is 21.7 Å². The van der Waals surface area contributed by atoms with Crippen molar-refractivity contribution in [1.82, 2.24) is 14.2 Å². The monoisotopic (exact) mass is 471 g/mol. The van der Waals surface area contributed by atoms with E-state index in [1.54, 1.807) is 6.20 Å². The average molecular weight is 472 g/mol. The summed E-state index contributed by atoms with van der Waals surface area (Å²) in [4.78, 5) is 12.2. The maximum Gasteiger partial charge on any atom is 0.407 e. The van der Waals surface area contributed by atoms with Crippen LogP contribution in [0, 0.1) is 0 Å². The third-order valence-corrected chi connectivity index (χ3v) is 7.27. The molecule has 1 aliphatic rings. The van der Waals surface area contributed by atoms with Crippen LogP contribution < -0.4 is 5.32 Å². The molecule has 2 heterocycles. The van der Waals surface area contributed by atoms with Crippen molar-refractivity contribution < 1.29 is 17.9 Å². The lowest BCUT2D eigenvalue weighted by molar-refractivity contribution is 0.0489. The first-order valence-electron chi connectivity index (χ1n) is 9.22. The molecule has 0 unspecified atom stereocenters. The summed E-state index contributed by atoms with van der Waals surface area (Å²) in [5, 5.41) is 3.54. The smallest absolute Gasteiger partial charge is 0.407 e. The highest BCUT2D eigenvalue weighted by molar-refractivity contribution is 9.10. The number of rotatable bonds is 3. The topological polar surface area (TPSA) is 80.6 Å². The van der Waals surface area contributed by atoms with Crippen LogP contribution in [0.5, 0.6) is 0 Å². The van der Waals surface area contributed by atoms with Crippen LogP contribution in [0.15, 0.2) is 33.8 Å². The number of sulfonamides is 1. The number of halogens is 1. The first-order chi connectivity index (χ1) is 13.0. The molecule has 0 radical (unpaired) electrons. The van der Waals surface area contributed by atoms with Crippen molar-refractivity contribution in [2.24, 2.45) is 7.05 Å². The molecule has 1 aromatic carbocycles. The highest BCUT2D eigenvalue weighted by Crippen LogP contribution is 2.32. The van der Waals surface area contributed by atoms with Gasteiger partial charge in [-0.15, -0.1) is 0 Å². The quantitative estimate of drug-likeness (QED) is 0.740. The summed E-state index contributed by atoms with van der Waals surface area (Å²) in [6, 6.07) is 5.46. The molecular weight excluding hydrogens is 446 g/mol. The van der Waals surface area contributed by atoms with Crippen LogP contribution in [-0.2, 0) is 21.8 Å². The number of alkyl carbamates (subject to hydrolysis) is 1. The highest BCUT2D eigenvalue weighted by Gasteiger charge is 2.32. The number of fused-ring (bicyclic) bond motifs is 1. The van der Waals surface area contributed by atoms with Gasteiger partial charge in [0.25, 0.3) is 0 Å². The third-order valence-electron chi connectivity index (χ3n) is 4.71. The number of hydrogen-bond acceptors (Lipinski definition) is 4. The van der Waals surface area contributed by atoms with Crippen LogP contribution in [0.4, 0.5) is 4.79 Å². The van der Waals surface area contributed by atoms with Crippen molar-refractivity contribution in [2.75, 3.05) is 13.1 Å². The Kier molecular flexibility index (Phi) is 5.80. The van der Waals surface area contributed by atoms with Gasteiger partial charge in [-0.25, -0.2) is 13.2 Å². The first-order valence-corrected chi connectivity index (χ1v) is 11.5. The second-order valence-electron chi connectivity index (χ2n) is 8.06. The van der Waals surface area contributed by atoms with Crippen molar-refractivity contribution in [2.45, 2.75) is 50.2 Å². The molecule has 9 heteroatoms. The van der Waals surface area contributed by atoms with Crippen molar-refractivity contribution in [3.8, 4) is 0 Å². The summed E-state index contributed by atoms with van der Waals surface area (Å²) < 4.78 is 35.9. The van der Waals surface area contributed by atoms with Crippen molar-refractivity contribution in [3.63, 3.8) is 0 Å². The zero-order valence-electron chi connectivity index (χ0n) is 16.5. The summed E-state index contributed by atoms with van der Waals surface area (Å²) in [6.07, 6.45) is 2.29. The fourth-order valence-corrected chi connectivity index (χ4v) is 5.79. The summed E-state index contributed by atoms with van der Waals surface area (Å²) in [7, 11) is -1.78. The molecule has 0 bridgehead atoms. The number of ether oxygens (including phenoxy) is 1. The van der Waals surface area contributed by atoms with Gasteiger partial charge in [0, 0.05) is 42.2 Å². The molecule has 1 fully saturated rings. The molecule has 1 saturated heterocycles. The van der Waals surface area contributed by atoms with Gasteiger partial charge in [-0.2, -0.15) is 4.31 Å². The van der Waals surface area contributed by atoms with Gasteiger partial charge >= 0.3 is 6.09 Å². The van der Waals surface area contributed by atoms with Crippen LogP contribution in [0.1, 0.15) is 33.6 Å². The Bertz CT molecular complexity index is 987. The Morgan fingerprint density at radius 1 is 1.25 bits per heavy atom. The van der Waals surface area contributed by atoms with E-state index >= 15 is 0 Å². The number of carbonyl (C=O) groups excluding carboxylic acids is 1. The van der Waals surface area contributed by atoms with Gasteiger partial charge in [0.05, 0.1) is 5.52 Å². The lowest BCUT2D eigenvalue weighted by Gasteiger charge is -2.32. The number of aromatic nitrogens is 1. The van der Waals surface area contributed by atoms with Gasteiger partial charge in [-0.3, -0.25) is 0 Å². The maximum atomic E-state index is 13.2. The van der Waals surface area contributed by atoms with E-state index in [2.05, 4.69) is 21.2 Å². The Balaban J connectivity index is 1.72. The minimum Gasteiger partial charge on any atom is -0.444 e. The lowest BCUT2D eigenvalue weighted by atomic mass is 10.1. The fourth-order valence-electron chi connectivity index (χ4n) is 3.44. The summed E-state index contributed by atoms with van der Waals surface area (Å²) in [5.74, 6) is 0. The number of para-hydroxylation sites is 1. The number of amides is 1. The van der Waals surface area contributed by atoms with Crippen LogP contribution in [0.25, 0.3) is 10.9 Å². The molecule has 1 aliphatic heterocycles. The second kappa shape index (κ2) is 7.68. The molecule has 7 nitrogen and oxygen atoms in total. The van der Waals surface area contributed by atoms with Crippen LogP contribution in [-0.4, -0.2) is 48.1 Å². The van der Waals surface area contributed by atoms with Crippen LogP contribution >= 0.6 is 15.9 Å². The highest BCUT2D eigenvalue weighted by atomic mass is 79.9. The van der Waals surface area contributed by atoms with Crippen molar-refractivity contribution >= 4 is 42.9 Å². The zero-order chi connectivity index (χ0) is 20.7. The predicted octanol–water partition coefficient (Wildman–Crippen LogP) is 3.62. The van der Waals surface area contributed by atoms with Crippen molar-refractivity contribution in [3.05, 3.63) is 28.9 Å². The zero-order valence-corrected chi connectivity index (χ0v) is 18.9. The molecule has 2 aromatic rings. The van der Waals surface area contributed by atoms with Crippen LogP contribution in [0.3, 0.4) is 0 Å². The molecule has 1 aromatic heterocycles. The molecule has 0 spiro atoms. The minimum absolute atomic E-state index is 0.0945. The van der Waals surface area contributed by atoms with E-state index in [-0.39, 0.29) is 6.04 Å². The van der Waals surface area contributed by atoms with Gasteiger partial charge in [-0.05, 0) is 55.6 Å². The molecular formula is C19H26BrN3O4S. The number of benzene rings is 1. The first kappa shape index (κ1) is 21.1. The number of nitrogens with zero attached hydrogens (tertiary/aromatic N) is 2. The lowest BCUT2D eigenvalue weighted by Crippen LogP contribution is -2.47. The minimum atomic E-state index is -3.62. The Hall–Kier alpha value is -1.58. The maximum absolute atomic E-state index is 13.2. The number of piperidine rings is 1. The number of carbonyl (C=O) groups is 1. The molecule has 0 aliphatic carbocycles. The molecule has 3 rings (SSSR count). The van der Waals surface area contributed by atoms with Gasteiger partial charge in [-0.1, -0.05) is 12.1 Å². The van der Waals surface area contributed by atoms with E-state index in [0.717, 1.165) is 9.99 Å². The standard InChI is InChI=1S/C19H26BrN3O4S/c1-19(2,3)27-18(24)21-13-8-10-23(11-9-13)28(25,26)16-12-22(4)17-14(16)6-5-7-15(17)20/h5-7,12-13H,8-11H2,1-4H3,(H,21,24). The van der Waals surface area contributed by atoms with Gasteiger partial charge < -0.3 is 14.6 Å². The van der Waals surface area contributed by atoms with Crippen LogP contribution in [0.2, 0.25) is 0 Å². The molecule has 154 valence electrons. The van der Waals surface area contributed by atoms with E-state index in [1.165, 1.54) is 4.31 Å². The summed E-state index contributed by atoms with van der Waals surface area (Å²) >= 11 is 3.49. The van der Waals surface area contributed by atoms with E-state index in [4.69, 9.17) is 4.74 Å². The van der Waals surface area contributed by atoms with E-state index in [1.807, 2.05) is 50.6 Å². The molecule has 1 N–H and O–H groups in total. The molecule has 1 amide bonds. The normalized spacial score (nSPS) is 17.0. The summed E-state index contributed by atoms with van der Waals surface area (Å²) in [6.45, 7) is 6.14. The molecule has 0 saturated carbocycles.